The molecule has 148 valence electrons. The second kappa shape index (κ2) is 6.87. The van der Waals surface area contributed by atoms with Gasteiger partial charge in [0, 0.05) is 14.1 Å². The molecule has 0 bridgehead atoms. The van der Waals surface area contributed by atoms with E-state index in [0.29, 0.717) is 0 Å². The fourth-order valence-corrected chi connectivity index (χ4v) is 5.45. The molecule has 0 spiro atoms. The maximum absolute atomic E-state index is 12.8. The van der Waals surface area contributed by atoms with Crippen molar-refractivity contribution in [1.29, 1.82) is 0 Å². The minimum atomic E-state index is -4.62. The van der Waals surface area contributed by atoms with E-state index in [1.165, 1.54) is 33.2 Å². The molecular formula is C15H18N2O7S3. The number of sulfonamides is 1. The lowest BCUT2D eigenvalue weighted by atomic mass is 10.2. The second-order valence-corrected chi connectivity index (χ2v) is 11.4. The molecule has 3 N–H and O–H groups in total. The van der Waals surface area contributed by atoms with Crippen molar-refractivity contribution < 1.29 is 29.8 Å². The zero-order valence-electron chi connectivity index (χ0n) is 14.6. The molecule has 2 rings (SSSR count). The van der Waals surface area contributed by atoms with Crippen molar-refractivity contribution in [3.05, 3.63) is 42.0 Å². The first kappa shape index (κ1) is 21.3. The number of hydrogen-bond acceptors (Lipinski definition) is 7. The van der Waals surface area contributed by atoms with E-state index in [-0.39, 0.29) is 21.0 Å². The quantitative estimate of drug-likeness (QED) is 0.520. The third-order valence-electron chi connectivity index (χ3n) is 3.80. The first-order chi connectivity index (χ1) is 12.2. The number of benzene rings is 2. The number of rotatable bonds is 5. The Kier molecular flexibility index (Phi) is 5.42. The average molecular weight is 435 g/mol. The highest BCUT2D eigenvalue weighted by Crippen LogP contribution is 2.30. The number of aryl methyl sites for hydroxylation is 1. The Bertz CT molecular complexity index is 1220. The third kappa shape index (κ3) is 3.99. The molecule has 12 heteroatoms. The largest absolute Gasteiger partial charge is 0.398 e. The molecule has 2 aromatic carbocycles. The number of anilines is 1. The fourth-order valence-electron chi connectivity index (χ4n) is 2.29. The fraction of sp³-hybridized carbons (Fsp3) is 0.200. The summed E-state index contributed by atoms with van der Waals surface area (Å²) < 4.78 is 83.0. The van der Waals surface area contributed by atoms with Crippen LogP contribution in [0.25, 0.3) is 0 Å². The van der Waals surface area contributed by atoms with E-state index in [1.807, 2.05) is 0 Å². The van der Waals surface area contributed by atoms with Gasteiger partial charge in [0.05, 0.1) is 25.3 Å². The molecule has 9 nitrogen and oxygen atoms in total. The zero-order chi connectivity index (χ0) is 20.8. The van der Waals surface area contributed by atoms with Crippen LogP contribution in [0.2, 0.25) is 0 Å². The number of sulfone groups is 1. The lowest BCUT2D eigenvalue weighted by molar-refractivity contribution is 0.482. The van der Waals surface area contributed by atoms with Gasteiger partial charge >= 0.3 is 0 Å². The summed E-state index contributed by atoms with van der Waals surface area (Å²) in [6.07, 6.45) is 0. The molecule has 0 aromatic heterocycles. The molecule has 0 unspecified atom stereocenters. The molecule has 0 heterocycles. The molecule has 0 saturated carbocycles. The first-order valence-electron chi connectivity index (χ1n) is 7.34. The Labute approximate surface area is 158 Å². The maximum Gasteiger partial charge on any atom is 0.294 e. The van der Waals surface area contributed by atoms with Crippen LogP contribution in [0.3, 0.4) is 0 Å². The Hall–Kier alpha value is -1.99. The van der Waals surface area contributed by atoms with Crippen LogP contribution in [-0.2, 0) is 30.0 Å². The Morgan fingerprint density at radius 2 is 1.41 bits per heavy atom. The minimum absolute atomic E-state index is 0.164. The SMILES string of the molecule is Cc1ccc(S(=O)(=O)c2ccc(S(=O)(=O)N(C)C)cc2N)cc1S(=O)(=O)O. The predicted molar refractivity (Wildman–Crippen MR) is 98.2 cm³/mol. The van der Waals surface area contributed by atoms with Gasteiger partial charge < -0.3 is 5.73 Å². The summed E-state index contributed by atoms with van der Waals surface area (Å²) in [5.74, 6) is 0. The van der Waals surface area contributed by atoms with Gasteiger partial charge in [0.15, 0.2) is 0 Å². The van der Waals surface area contributed by atoms with Crippen LogP contribution in [0, 0.1) is 6.92 Å². The van der Waals surface area contributed by atoms with Crippen molar-refractivity contribution in [3.8, 4) is 0 Å². The van der Waals surface area contributed by atoms with Gasteiger partial charge in [-0.2, -0.15) is 8.42 Å². The molecule has 0 aliphatic carbocycles. The van der Waals surface area contributed by atoms with Crippen LogP contribution in [0.1, 0.15) is 5.56 Å². The highest BCUT2D eigenvalue weighted by molar-refractivity contribution is 7.91. The number of nitrogens with two attached hydrogens (primary N) is 1. The molecular weight excluding hydrogens is 416 g/mol. The second-order valence-electron chi connectivity index (χ2n) is 5.89. The van der Waals surface area contributed by atoms with E-state index in [4.69, 9.17) is 5.73 Å². The van der Waals surface area contributed by atoms with Gasteiger partial charge in [-0.15, -0.1) is 0 Å². The lowest BCUT2D eigenvalue weighted by Crippen LogP contribution is -2.22. The third-order valence-corrected chi connectivity index (χ3v) is 8.43. The lowest BCUT2D eigenvalue weighted by Gasteiger charge is -2.14. The molecule has 0 aliphatic rings. The van der Waals surface area contributed by atoms with Gasteiger partial charge in [0.2, 0.25) is 19.9 Å². The number of nitrogen functional groups attached to an aromatic ring is 1. The van der Waals surface area contributed by atoms with Gasteiger partial charge in [-0.25, -0.2) is 21.1 Å². The Morgan fingerprint density at radius 1 is 0.852 bits per heavy atom. The normalized spacial score (nSPS) is 13.1. The minimum Gasteiger partial charge on any atom is -0.398 e. The summed E-state index contributed by atoms with van der Waals surface area (Å²) in [6, 6.07) is 6.37. The highest BCUT2D eigenvalue weighted by atomic mass is 32.2. The summed E-state index contributed by atoms with van der Waals surface area (Å²) in [5.41, 5.74) is 5.62. The summed E-state index contributed by atoms with van der Waals surface area (Å²) in [7, 11) is -10.1. The van der Waals surface area contributed by atoms with Gasteiger partial charge in [0.25, 0.3) is 10.1 Å². The molecule has 2 aromatic rings. The van der Waals surface area contributed by atoms with E-state index >= 15 is 0 Å². The van der Waals surface area contributed by atoms with E-state index in [2.05, 4.69) is 0 Å². The molecule has 0 atom stereocenters. The van der Waals surface area contributed by atoms with Crippen molar-refractivity contribution in [2.75, 3.05) is 19.8 Å². The van der Waals surface area contributed by atoms with Crippen molar-refractivity contribution in [1.82, 2.24) is 4.31 Å². The summed E-state index contributed by atoms with van der Waals surface area (Å²) >= 11 is 0. The van der Waals surface area contributed by atoms with Crippen LogP contribution >= 0.6 is 0 Å². The van der Waals surface area contributed by atoms with Crippen LogP contribution in [0.5, 0.6) is 0 Å². The van der Waals surface area contributed by atoms with E-state index < -0.39 is 39.8 Å². The predicted octanol–water partition coefficient (Wildman–Crippen LogP) is 0.907. The molecule has 0 radical (unpaired) electrons. The van der Waals surface area contributed by atoms with Gasteiger partial charge in [-0.3, -0.25) is 4.55 Å². The van der Waals surface area contributed by atoms with Crippen molar-refractivity contribution in [2.24, 2.45) is 0 Å². The van der Waals surface area contributed by atoms with Crippen LogP contribution in [-0.4, -0.2) is 48.2 Å². The summed E-state index contributed by atoms with van der Waals surface area (Å²) in [6.45, 7) is 1.40. The van der Waals surface area contributed by atoms with Crippen LogP contribution in [0.15, 0.2) is 56.0 Å². The van der Waals surface area contributed by atoms with Crippen molar-refractivity contribution in [3.63, 3.8) is 0 Å². The first-order valence-corrected chi connectivity index (χ1v) is 11.7. The van der Waals surface area contributed by atoms with E-state index in [9.17, 15) is 29.8 Å². The van der Waals surface area contributed by atoms with Gasteiger partial charge in [-0.1, -0.05) is 6.07 Å². The zero-order valence-corrected chi connectivity index (χ0v) is 17.1. The van der Waals surface area contributed by atoms with E-state index in [0.717, 1.165) is 28.6 Å². The summed E-state index contributed by atoms with van der Waals surface area (Å²) in [5, 5.41) is 0. The standard InChI is InChI=1S/C15H18N2O7S3/c1-10-4-5-11(9-15(10)27(22,23)24)25(18,19)14-7-6-12(8-13(14)16)26(20,21)17(2)3/h4-9H,16H2,1-3H3,(H,22,23,24). The number of nitrogens with zero attached hydrogens (tertiary/aromatic N) is 1. The van der Waals surface area contributed by atoms with Crippen molar-refractivity contribution in [2.45, 2.75) is 26.5 Å². The molecule has 0 amide bonds. The Morgan fingerprint density at radius 3 is 1.89 bits per heavy atom. The molecule has 0 saturated heterocycles. The van der Waals surface area contributed by atoms with Gasteiger partial charge in [-0.05, 0) is 42.8 Å². The molecule has 0 fully saturated rings. The topological polar surface area (TPSA) is 152 Å². The molecule has 0 aliphatic heterocycles. The van der Waals surface area contributed by atoms with E-state index in [1.54, 1.807) is 0 Å². The van der Waals surface area contributed by atoms with Crippen LogP contribution in [0.4, 0.5) is 5.69 Å². The Balaban J connectivity index is 2.66. The maximum atomic E-state index is 12.8. The highest BCUT2D eigenvalue weighted by Gasteiger charge is 2.26. The smallest absolute Gasteiger partial charge is 0.294 e. The monoisotopic (exact) mass is 434 g/mol. The van der Waals surface area contributed by atoms with Crippen LogP contribution < -0.4 is 5.73 Å². The summed E-state index contributed by atoms with van der Waals surface area (Å²) in [4.78, 5) is -1.53. The number of hydrogen-bond donors (Lipinski definition) is 2. The average Bonchev–Trinajstić information content (AvgIpc) is 2.53. The molecule has 27 heavy (non-hydrogen) atoms. The van der Waals surface area contributed by atoms with Crippen molar-refractivity contribution >= 4 is 35.7 Å². The van der Waals surface area contributed by atoms with Gasteiger partial charge in [0.1, 0.15) is 0 Å².